The summed E-state index contributed by atoms with van der Waals surface area (Å²) in [5, 5.41) is 0. The summed E-state index contributed by atoms with van der Waals surface area (Å²) in [5.74, 6) is 3.17. The van der Waals surface area contributed by atoms with E-state index in [0.717, 1.165) is 23.2 Å². The molecule has 2 aliphatic rings. The zero-order valence-electron chi connectivity index (χ0n) is 6.65. The highest BCUT2D eigenvalue weighted by Gasteiger charge is 2.63. The van der Waals surface area contributed by atoms with Crippen LogP contribution in [0.4, 0.5) is 0 Å². The minimum atomic E-state index is 0.791. The van der Waals surface area contributed by atoms with E-state index in [0.29, 0.717) is 0 Å². The summed E-state index contributed by atoms with van der Waals surface area (Å²) < 4.78 is 0. The van der Waals surface area contributed by atoms with Crippen LogP contribution in [-0.4, -0.2) is 0 Å². The van der Waals surface area contributed by atoms with E-state index in [9.17, 15) is 0 Å². The zero-order valence-corrected chi connectivity index (χ0v) is 6.65. The Hall–Kier alpha value is 0. The highest BCUT2D eigenvalue weighted by atomic mass is 14.7. The van der Waals surface area contributed by atoms with Crippen LogP contribution in [0.3, 0.4) is 0 Å². The third-order valence-corrected chi connectivity index (χ3v) is 3.98. The van der Waals surface area contributed by atoms with Gasteiger partial charge >= 0.3 is 0 Å². The fourth-order valence-corrected chi connectivity index (χ4v) is 3.09. The standard InChI is InChI=1S/C9H16/c1-6-4-5-9(3)7(2)8(6)9/h6-8H,4-5H2,1-3H3. The van der Waals surface area contributed by atoms with E-state index in [2.05, 4.69) is 20.8 Å². The molecule has 0 aliphatic heterocycles. The van der Waals surface area contributed by atoms with Gasteiger partial charge in [-0.15, -0.1) is 0 Å². The first kappa shape index (κ1) is 5.76. The summed E-state index contributed by atoms with van der Waals surface area (Å²) in [4.78, 5) is 0. The molecule has 0 heterocycles. The van der Waals surface area contributed by atoms with Gasteiger partial charge in [0, 0.05) is 0 Å². The van der Waals surface area contributed by atoms with Crippen molar-refractivity contribution in [2.24, 2.45) is 23.2 Å². The van der Waals surface area contributed by atoms with Gasteiger partial charge in [0.05, 0.1) is 0 Å². The first-order valence-electron chi connectivity index (χ1n) is 4.16. The molecule has 2 fully saturated rings. The largest absolute Gasteiger partial charge is 0.0622 e. The summed E-state index contributed by atoms with van der Waals surface area (Å²) in [7, 11) is 0. The van der Waals surface area contributed by atoms with Gasteiger partial charge in [-0.05, 0) is 36.0 Å². The van der Waals surface area contributed by atoms with Crippen LogP contribution >= 0.6 is 0 Å². The molecule has 0 spiro atoms. The lowest BCUT2D eigenvalue weighted by Gasteiger charge is -2.04. The average Bonchev–Trinajstić information content (AvgIpc) is 2.13. The van der Waals surface area contributed by atoms with E-state index >= 15 is 0 Å². The smallest absolute Gasteiger partial charge is 0.0264 e. The van der Waals surface area contributed by atoms with Crippen LogP contribution in [0.1, 0.15) is 33.6 Å². The molecule has 0 aromatic rings. The molecule has 0 aromatic carbocycles. The van der Waals surface area contributed by atoms with Crippen molar-refractivity contribution in [1.29, 1.82) is 0 Å². The predicted molar refractivity (Wildman–Crippen MR) is 39.2 cm³/mol. The summed E-state index contributed by atoms with van der Waals surface area (Å²) in [6.45, 7) is 7.30. The third-order valence-electron chi connectivity index (χ3n) is 3.98. The Labute approximate surface area is 57.6 Å². The molecule has 2 saturated carbocycles. The molecule has 0 bridgehead atoms. The molecule has 0 aromatic heterocycles. The maximum Gasteiger partial charge on any atom is -0.0264 e. The maximum absolute atomic E-state index is 2.46. The Morgan fingerprint density at radius 3 is 2.22 bits per heavy atom. The van der Waals surface area contributed by atoms with Gasteiger partial charge in [0.1, 0.15) is 0 Å². The van der Waals surface area contributed by atoms with Gasteiger partial charge < -0.3 is 0 Å². The van der Waals surface area contributed by atoms with E-state index < -0.39 is 0 Å². The van der Waals surface area contributed by atoms with E-state index in [1.165, 1.54) is 12.8 Å². The summed E-state index contributed by atoms with van der Waals surface area (Å²) in [6.07, 6.45) is 2.99. The van der Waals surface area contributed by atoms with E-state index in [4.69, 9.17) is 0 Å². The normalized spacial score (nSPS) is 63.7. The maximum atomic E-state index is 2.46. The lowest BCUT2D eigenvalue weighted by atomic mass is 10.0. The molecule has 0 nitrogen and oxygen atoms in total. The molecule has 0 amide bonds. The molecule has 4 unspecified atom stereocenters. The van der Waals surface area contributed by atoms with Crippen LogP contribution in [0.5, 0.6) is 0 Å². The average molecular weight is 124 g/mol. The number of rotatable bonds is 0. The van der Waals surface area contributed by atoms with Crippen LogP contribution in [0.25, 0.3) is 0 Å². The number of fused-ring (bicyclic) bond motifs is 1. The molecular weight excluding hydrogens is 108 g/mol. The van der Waals surface area contributed by atoms with Gasteiger partial charge in [0.25, 0.3) is 0 Å². The second-order valence-corrected chi connectivity index (χ2v) is 4.34. The summed E-state index contributed by atoms with van der Waals surface area (Å²) in [6, 6.07) is 0. The first-order valence-corrected chi connectivity index (χ1v) is 4.16. The van der Waals surface area contributed by atoms with Gasteiger partial charge in [0.2, 0.25) is 0 Å². The lowest BCUT2D eigenvalue weighted by molar-refractivity contribution is 0.465. The van der Waals surface area contributed by atoms with Crippen LogP contribution in [0, 0.1) is 23.2 Å². The van der Waals surface area contributed by atoms with Crippen molar-refractivity contribution in [3.63, 3.8) is 0 Å². The Morgan fingerprint density at radius 2 is 2.00 bits per heavy atom. The molecule has 52 valence electrons. The van der Waals surface area contributed by atoms with Crippen LogP contribution < -0.4 is 0 Å². The minimum Gasteiger partial charge on any atom is -0.0622 e. The second kappa shape index (κ2) is 1.36. The third kappa shape index (κ3) is 0.500. The van der Waals surface area contributed by atoms with Crippen molar-refractivity contribution in [2.75, 3.05) is 0 Å². The predicted octanol–water partition coefficient (Wildman–Crippen LogP) is 2.69. The summed E-state index contributed by atoms with van der Waals surface area (Å²) >= 11 is 0. The van der Waals surface area contributed by atoms with Crippen LogP contribution in [-0.2, 0) is 0 Å². The monoisotopic (exact) mass is 124 g/mol. The topological polar surface area (TPSA) is 0 Å². The van der Waals surface area contributed by atoms with E-state index in [1.807, 2.05) is 0 Å². The van der Waals surface area contributed by atoms with Gasteiger partial charge in [-0.2, -0.15) is 0 Å². The fraction of sp³-hybridized carbons (Fsp3) is 1.00. The molecule has 0 saturated heterocycles. The molecule has 2 aliphatic carbocycles. The van der Waals surface area contributed by atoms with E-state index in [-0.39, 0.29) is 0 Å². The molecular formula is C9H16. The minimum absolute atomic E-state index is 0.791. The van der Waals surface area contributed by atoms with Gasteiger partial charge in [-0.25, -0.2) is 0 Å². The molecule has 0 heteroatoms. The summed E-state index contributed by atoms with van der Waals surface area (Å²) in [5.41, 5.74) is 0.791. The van der Waals surface area contributed by atoms with Crippen LogP contribution in [0.2, 0.25) is 0 Å². The van der Waals surface area contributed by atoms with Crippen molar-refractivity contribution in [3.05, 3.63) is 0 Å². The fourth-order valence-electron chi connectivity index (χ4n) is 3.09. The van der Waals surface area contributed by atoms with Gasteiger partial charge in [0.15, 0.2) is 0 Å². The lowest BCUT2D eigenvalue weighted by Crippen LogP contribution is -1.94. The van der Waals surface area contributed by atoms with Crippen molar-refractivity contribution >= 4 is 0 Å². The number of hydrogen-bond donors (Lipinski definition) is 0. The van der Waals surface area contributed by atoms with Gasteiger partial charge in [-0.1, -0.05) is 20.8 Å². The highest BCUT2D eigenvalue weighted by Crippen LogP contribution is 2.69. The Kier molecular flexibility index (Phi) is 0.868. The molecule has 4 atom stereocenters. The van der Waals surface area contributed by atoms with Crippen LogP contribution in [0.15, 0.2) is 0 Å². The first-order chi connectivity index (χ1) is 4.16. The molecule has 2 rings (SSSR count). The van der Waals surface area contributed by atoms with Crippen molar-refractivity contribution < 1.29 is 0 Å². The molecule has 9 heavy (non-hydrogen) atoms. The molecule has 0 radical (unpaired) electrons. The Balaban J connectivity index is 2.18. The van der Waals surface area contributed by atoms with Crippen molar-refractivity contribution in [3.8, 4) is 0 Å². The Bertz CT molecular complexity index is 135. The zero-order chi connectivity index (χ0) is 6.65. The van der Waals surface area contributed by atoms with Crippen molar-refractivity contribution in [2.45, 2.75) is 33.6 Å². The Morgan fingerprint density at radius 1 is 1.33 bits per heavy atom. The highest BCUT2D eigenvalue weighted by molar-refractivity contribution is 5.11. The SMILES string of the molecule is CC1CCC2(C)C(C)C12. The number of hydrogen-bond acceptors (Lipinski definition) is 0. The van der Waals surface area contributed by atoms with Gasteiger partial charge in [-0.3, -0.25) is 0 Å². The van der Waals surface area contributed by atoms with E-state index in [1.54, 1.807) is 0 Å². The molecule has 0 N–H and O–H groups in total. The van der Waals surface area contributed by atoms with Crippen molar-refractivity contribution in [1.82, 2.24) is 0 Å². The second-order valence-electron chi connectivity index (χ2n) is 4.34. The quantitative estimate of drug-likeness (QED) is 0.465.